The Kier molecular flexibility index (Phi) is 6.27. The normalized spacial score (nSPS) is 22.0. The number of carbonyl (C=O) groups excluding carboxylic acids is 2. The van der Waals surface area contributed by atoms with E-state index >= 15 is 0 Å². The van der Waals surface area contributed by atoms with Crippen LogP contribution in [0, 0.1) is 0 Å². The van der Waals surface area contributed by atoms with Gasteiger partial charge in [0.2, 0.25) is 5.91 Å². The molecule has 0 radical (unpaired) electrons. The molecule has 142 valence electrons. The van der Waals surface area contributed by atoms with Gasteiger partial charge in [0.15, 0.2) is 5.78 Å². The molecule has 2 fully saturated rings. The average Bonchev–Trinajstić information content (AvgIpc) is 2.67. The summed E-state index contributed by atoms with van der Waals surface area (Å²) in [6.07, 6.45) is 3.83. The van der Waals surface area contributed by atoms with Gasteiger partial charge >= 0.3 is 0 Å². The molecule has 6 nitrogen and oxygen atoms in total. The number of carbonyl (C=O) groups is 2. The van der Waals surface area contributed by atoms with Crippen molar-refractivity contribution >= 4 is 11.7 Å². The Morgan fingerprint density at radius 2 is 1.88 bits per heavy atom. The zero-order valence-electron chi connectivity index (χ0n) is 15.3. The Hall–Kier alpha value is -1.92. The predicted molar refractivity (Wildman–Crippen MR) is 96.5 cm³/mol. The minimum atomic E-state index is -0.145. The Morgan fingerprint density at radius 3 is 2.58 bits per heavy atom. The highest BCUT2D eigenvalue weighted by Gasteiger charge is 2.39. The molecule has 2 saturated heterocycles. The first-order chi connectivity index (χ1) is 12.6. The molecule has 1 atom stereocenters. The summed E-state index contributed by atoms with van der Waals surface area (Å²) >= 11 is 0. The first-order valence-electron chi connectivity index (χ1n) is 9.29. The molecule has 26 heavy (non-hydrogen) atoms. The van der Waals surface area contributed by atoms with Crippen LogP contribution >= 0.6 is 0 Å². The highest BCUT2D eigenvalue weighted by Crippen LogP contribution is 2.34. The standard InChI is InChI=1S/C20H27NO5/c1-24-17-4-2-15(3-5-17)18(22)6-7-19(23)21-16-8-11-26-20(14-16)9-12-25-13-10-20/h2-5,16H,6-14H2,1H3,(H,21,23)/t16-/m1/s1. The third kappa shape index (κ3) is 4.83. The summed E-state index contributed by atoms with van der Waals surface area (Å²) in [4.78, 5) is 24.5. The molecule has 6 heteroatoms. The van der Waals surface area contributed by atoms with Crippen molar-refractivity contribution in [3.05, 3.63) is 29.8 Å². The summed E-state index contributed by atoms with van der Waals surface area (Å²) in [7, 11) is 1.59. The minimum absolute atomic E-state index is 0.0318. The highest BCUT2D eigenvalue weighted by molar-refractivity contribution is 5.98. The molecule has 1 amide bonds. The topological polar surface area (TPSA) is 73.9 Å². The fourth-order valence-corrected chi connectivity index (χ4v) is 3.69. The second kappa shape index (κ2) is 8.64. The van der Waals surface area contributed by atoms with Crippen LogP contribution in [-0.4, -0.2) is 50.3 Å². The number of ketones is 1. The lowest BCUT2D eigenvalue weighted by atomic mass is 9.84. The van der Waals surface area contributed by atoms with Crippen LogP contribution in [0.15, 0.2) is 24.3 Å². The predicted octanol–water partition coefficient (Wildman–Crippen LogP) is 2.50. The summed E-state index contributed by atoms with van der Waals surface area (Å²) < 4.78 is 16.5. The second-order valence-corrected chi connectivity index (χ2v) is 7.05. The summed E-state index contributed by atoms with van der Waals surface area (Å²) in [5.41, 5.74) is 0.457. The molecule has 1 aromatic rings. The van der Waals surface area contributed by atoms with Crippen LogP contribution in [0.4, 0.5) is 0 Å². The van der Waals surface area contributed by atoms with Gasteiger partial charge in [-0.3, -0.25) is 9.59 Å². The van der Waals surface area contributed by atoms with Gasteiger partial charge in [0.1, 0.15) is 5.75 Å². The van der Waals surface area contributed by atoms with Crippen molar-refractivity contribution in [3.63, 3.8) is 0 Å². The maximum absolute atomic E-state index is 12.3. The van der Waals surface area contributed by atoms with E-state index in [1.807, 2.05) is 0 Å². The van der Waals surface area contributed by atoms with Gasteiger partial charge in [-0.1, -0.05) is 0 Å². The molecule has 1 aromatic carbocycles. The van der Waals surface area contributed by atoms with Crippen molar-refractivity contribution in [1.29, 1.82) is 0 Å². The lowest BCUT2D eigenvalue weighted by Crippen LogP contribution is -2.51. The van der Waals surface area contributed by atoms with E-state index in [0.29, 0.717) is 17.9 Å². The van der Waals surface area contributed by atoms with Crippen molar-refractivity contribution < 1.29 is 23.8 Å². The Balaban J connectivity index is 1.45. The SMILES string of the molecule is COc1ccc(C(=O)CCC(=O)N[C@@H]2CCOC3(CCOCC3)C2)cc1. The lowest BCUT2D eigenvalue weighted by Gasteiger charge is -2.43. The van der Waals surface area contributed by atoms with Crippen molar-refractivity contribution in [2.45, 2.75) is 50.2 Å². The van der Waals surface area contributed by atoms with Crippen LogP contribution in [0.1, 0.15) is 48.9 Å². The van der Waals surface area contributed by atoms with Crippen LogP contribution in [-0.2, 0) is 14.3 Å². The van der Waals surface area contributed by atoms with Gasteiger partial charge in [-0.2, -0.15) is 0 Å². The fourth-order valence-electron chi connectivity index (χ4n) is 3.69. The number of hydrogen-bond acceptors (Lipinski definition) is 5. The van der Waals surface area contributed by atoms with Crippen molar-refractivity contribution in [2.24, 2.45) is 0 Å². The molecule has 0 aromatic heterocycles. The molecule has 2 heterocycles. The third-order valence-corrected chi connectivity index (χ3v) is 5.25. The Morgan fingerprint density at radius 1 is 1.15 bits per heavy atom. The summed E-state index contributed by atoms with van der Waals surface area (Å²) in [5, 5.41) is 3.08. The Labute approximate surface area is 154 Å². The van der Waals surface area contributed by atoms with E-state index in [0.717, 1.165) is 38.9 Å². The highest BCUT2D eigenvalue weighted by atomic mass is 16.5. The van der Waals surface area contributed by atoms with E-state index in [1.165, 1.54) is 0 Å². The molecule has 2 aliphatic heterocycles. The first-order valence-corrected chi connectivity index (χ1v) is 9.29. The summed E-state index contributed by atoms with van der Waals surface area (Å²) in [6, 6.07) is 7.08. The van der Waals surface area contributed by atoms with Gasteiger partial charge in [0.05, 0.1) is 12.7 Å². The molecule has 2 aliphatic rings. The van der Waals surface area contributed by atoms with Gasteiger partial charge in [0.25, 0.3) is 0 Å². The molecule has 0 saturated carbocycles. The van der Waals surface area contributed by atoms with Gasteiger partial charge in [-0.25, -0.2) is 0 Å². The number of hydrogen-bond donors (Lipinski definition) is 1. The zero-order chi connectivity index (χ0) is 18.4. The molecule has 0 bridgehead atoms. The third-order valence-electron chi connectivity index (χ3n) is 5.25. The van der Waals surface area contributed by atoms with Crippen LogP contribution in [0.5, 0.6) is 5.75 Å². The Bertz CT molecular complexity index is 616. The second-order valence-electron chi connectivity index (χ2n) is 7.05. The molecule has 0 aliphatic carbocycles. The molecular formula is C20H27NO5. The van der Waals surface area contributed by atoms with Crippen LogP contribution in [0.25, 0.3) is 0 Å². The number of ether oxygens (including phenoxy) is 3. The van der Waals surface area contributed by atoms with Gasteiger partial charge in [0, 0.05) is 44.3 Å². The van der Waals surface area contributed by atoms with Crippen LogP contribution in [0.3, 0.4) is 0 Å². The molecular weight excluding hydrogens is 334 g/mol. The monoisotopic (exact) mass is 361 g/mol. The lowest BCUT2D eigenvalue weighted by molar-refractivity contribution is -0.144. The molecule has 0 unspecified atom stereocenters. The van der Waals surface area contributed by atoms with E-state index in [4.69, 9.17) is 14.2 Å². The first kappa shape index (κ1) is 18.9. The van der Waals surface area contributed by atoms with E-state index in [-0.39, 0.29) is 36.2 Å². The maximum atomic E-state index is 12.3. The van der Waals surface area contributed by atoms with Gasteiger partial charge < -0.3 is 19.5 Å². The average molecular weight is 361 g/mol. The quantitative estimate of drug-likeness (QED) is 0.788. The number of rotatable bonds is 6. The van der Waals surface area contributed by atoms with E-state index < -0.39 is 0 Å². The van der Waals surface area contributed by atoms with Crippen LogP contribution in [0.2, 0.25) is 0 Å². The number of Topliss-reactive ketones (excluding diaryl/α,β-unsaturated/α-hetero) is 1. The largest absolute Gasteiger partial charge is 0.497 e. The maximum Gasteiger partial charge on any atom is 0.220 e. The molecule has 3 rings (SSSR count). The summed E-state index contributed by atoms with van der Waals surface area (Å²) in [6.45, 7) is 2.10. The van der Waals surface area contributed by atoms with E-state index in [2.05, 4.69) is 5.32 Å². The van der Waals surface area contributed by atoms with E-state index in [9.17, 15) is 9.59 Å². The minimum Gasteiger partial charge on any atom is -0.497 e. The van der Waals surface area contributed by atoms with Gasteiger partial charge in [-0.05, 0) is 49.9 Å². The van der Waals surface area contributed by atoms with Gasteiger partial charge in [-0.15, -0.1) is 0 Å². The number of benzene rings is 1. The number of amides is 1. The molecule has 1 N–H and O–H groups in total. The number of methoxy groups -OCH3 is 1. The van der Waals surface area contributed by atoms with E-state index in [1.54, 1.807) is 31.4 Å². The zero-order valence-corrected chi connectivity index (χ0v) is 15.3. The number of nitrogens with one attached hydrogen (secondary N) is 1. The van der Waals surface area contributed by atoms with Crippen LogP contribution < -0.4 is 10.1 Å². The fraction of sp³-hybridized carbons (Fsp3) is 0.600. The van der Waals surface area contributed by atoms with Crippen molar-refractivity contribution in [3.8, 4) is 5.75 Å². The molecule has 1 spiro atoms. The smallest absolute Gasteiger partial charge is 0.220 e. The summed E-state index contributed by atoms with van der Waals surface area (Å²) in [5.74, 6) is 0.609. The van der Waals surface area contributed by atoms with Crippen molar-refractivity contribution in [1.82, 2.24) is 5.32 Å². The van der Waals surface area contributed by atoms with Crippen molar-refractivity contribution in [2.75, 3.05) is 26.9 Å².